The number of nitrogens with two attached hydrogens (primary N) is 1. The second kappa shape index (κ2) is 20.4. The molecule has 0 aromatic carbocycles. The van der Waals surface area contributed by atoms with Gasteiger partial charge < -0.3 is 66.4 Å². The van der Waals surface area contributed by atoms with Gasteiger partial charge in [-0.25, -0.2) is 4.98 Å². The third-order valence-corrected chi connectivity index (χ3v) is 23.4. The lowest BCUT2D eigenvalue weighted by Gasteiger charge is -2.75. The minimum absolute atomic E-state index is 0.0196. The smallest absolute Gasteiger partial charge is 0.310 e. The molecule has 12 N–H and O–H groups in total. The lowest BCUT2D eigenvalue weighted by molar-refractivity contribution is -0.349. The van der Waals surface area contributed by atoms with E-state index in [-0.39, 0.29) is 54.8 Å². The van der Waals surface area contributed by atoms with Crippen LogP contribution in [0, 0.1) is 73.4 Å². The summed E-state index contributed by atoms with van der Waals surface area (Å²) in [7, 11) is 0. The number of hydrogen-bond acceptors (Lipinski definition) is 13. The number of hydrogen-bond donors (Lipinski definition) is 11. The average molecular weight is 1030 g/mol. The zero-order valence-corrected chi connectivity index (χ0v) is 44.7. The summed E-state index contributed by atoms with van der Waals surface area (Å²) in [6, 6.07) is -0.342. The van der Waals surface area contributed by atoms with Crippen LogP contribution in [0.3, 0.4) is 0 Å². The van der Waals surface area contributed by atoms with Gasteiger partial charge in [-0.2, -0.15) is 0 Å². The molecule has 412 valence electrons. The maximum atomic E-state index is 14.9. The van der Waals surface area contributed by atoms with Gasteiger partial charge in [0.25, 0.3) is 0 Å². The van der Waals surface area contributed by atoms with Crippen LogP contribution in [0.2, 0.25) is 0 Å². The van der Waals surface area contributed by atoms with Crippen molar-refractivity contribution in [2.24, 2.45) is 79.1 Å². The zero-order chi connectivity index (χ0) is 52.7. The van der Waals surface area contributed by atoms with Gasteiger partial charge in [0.15, 0.2) is 6.29 Å². The fourth-order valence-corrected chi connectivity index (χ4v) is 19.1. The van der Waals surface area contributed by atoms with Crippen molar-refractivity contribution in [1.29, 1.82) is 0 Å². The predicted octanol–water partition coefficient (Wildman–Crippen LogP) is 5.32. The Labute approximate surface area is 433 Å². The number of nitrogens with zero attached hydrogens (tertiary/aromatic N) is 1. The number of aliphatic hydroxyl groups excluding tert-OH is 7. The molecule has 1 spiro atoms. The van der Waals surface area contributed by atoms with Crippen LogP contribution in [-0.2, 0) is 19.1 Å². The minimum atomic E-state index is -1.68. The number of carbonyl (C=O) groups excluding carboxylic acids is 1. The molecule has 2 saturated heterocycles. The Kier molecular flexibility index (Phi) is 15.4. The number of allylic oxidation sites excluding steroid dienone is 2. The molecule has 73 heavy (non-hydrogen) atoms. The number of ether oxygens (including phenoxy) is 2. The Morgan fingerprint density at radius 2 is 1.68 bits per heavy atom. The third-order valence-electron chi connectivity index (χ3n) is 23.4. The second-order valence-corrected chi connectivity index (χ2v) is 26.3. The van der Waals surface area contributed by atoms with Gasteiger partial charge in [-0.05, 0) is 147 Å². The van der Waals surface area contributed by atoms with Gasteiger partial charge in [0.05, 0.1) is 48.7 Å². The van der Waals surface area contributed by atoms with Crippen molar-refractivity contribution >= 4 is 11.9 Å². The van der Waals surface area contributed by atoms with Crippen LogP contribution >= 0.6 is 0 Å². The number of aliphatic hydroxyl groups is 7. The molecular weight excluding hydrogens is 933 g/mol. The van der Waals surface area contributed by atoms with Crippen molar-refractivity contribution in [3.63, 3.8) is 0 Å². The molecular formula is C57H92N4O12. The van der Waals surface area contributed by atoms with Gasteiger partial charge in [0.1, 0.15) is 18.3 Å². The van der Waals surface area contributed by atoms with E-state index in [1.54, 1.807) is 6.33 Å². The number of rotatable bonds is 17. The molecule has 0 radical (unpaired) electrons. The van der Waals surface area contributed by atoms with Crippen LogP contribution < -0.4 is 11.1 Å². The summed E-state index contributed by atoms with van der Waals surface area (Å²) in [5.41, 5.74) is 3.06. The Bertz CT molecular complexity index is 2160. The van der Waals surface area contributed by atoms with Crippen molar-refractivity contribution in [3.8, 4) is 0 Å². The van der Waals surface area contributed by atoms with Crippen molar-refractivity contribution in [2.75, 3.05) is 26.4 Å². The van der Waals surface area contributed by atoms with Crippen LogP contribution in [0.15, 0.2) is 24.2 Å². The van der Waals surface area contributed by atoms with Crippen LogP contribution in [0.25, 0.3) is 0 Å². The molecule has 21 atom stereocenters. The maximum absolute atomic E-state index is 14.9. The van der Waals surface area contributed by atoms with Crippen molar-refractivity contribution < 1.29 is 59.9 Å². The molecule has 3 heterocycles. The Morgan fingerprint density at radius 1 is 0.945 bits per heavy atom. The lowest BCUT2D eigenvalue weighted by Crippen LogP contribution is -2.74. The highest BCUT2D eigenvalue weighted by Gasteiger charge is 2.76. The Balaban J connectivity index is 1.24. The number of aromatic amines is 1. The SMILES string of the molecule is CCCCCC1CC2(C(=O)O)CCC(C)(CO)CC2C2=CCC3C4(C)C(CC5C(C(CCCN)c6cnc[nH]6)NC(=O)C56CCCC6)C(O)C(OC5OCC(O)C(O)C5O)C(C)(C(O)CO)C4CCC3(C)C21C. The van der Waals surface area contributed by atoms with Crippen molar-refractivity contribution in [2.45, 2.75) is 212 Å². The van der Waals surface area contributed by atoms with Gasteiger partial charge in [-0.15, -0.1) is 0 Å². The van der Waals surface area contributed by atoms with Crippen LogP contribution in [-0.4, -0.2) is 138 Å². The quantitative estimate of drug-likeness (QED) is 0.0536. The first-order chi connectivity index (χ1) is 34.6. The molecule has 0 bridgehead atoms. The normalized spacial score (nSPS) is 46.9. The fraction of sp³-hybridized carbons (Fsp3) is 0.877. The van der Waals surface area contributed by atoms with E-state index >= 15 is 0 Å². The van der Waals surface area contributed by atoms with Gasteiger partial charge in [0, 0.05) is 35.9 Å². The molecule has 1 aromatic heterocycles. The number of carboxylic acids is 1. The summed E-state index contributed by atoms with van der Waals surface area (Å²) < 4.78 is 12.7. The highest BCUT2D eigenvalue weighted by molar-refractivity contribution is 5.86. The molecule has 1 amide bonds. The van der Waals surface area contributed by atoms with Crippen LogP contribution in [0.5, 0.6) is 0 Å². The lowest BCUT2D eigenvalue weighted by atomic mass is 9.30. The highest BCUT2D eigenvalue weighted by Crippen LogP contribution is 2.79. The first-order valence-electron chi connectivity index (χ1n) is 28.5. The number of fused-ring (bicyclic) bond motifs is 7. The van der Waals surface area contributed by atoms with E-state index in [0.29, 0.717) is 83.6 Å². The summed E-state index contributed by atoms with van der Waals surface area (Å²) in [5.74, 6) is -2.55. The average Bonchev–Trinajstić information content (AvgIpc) is 4.15. The molecule has 7 fully saturated rings. The summed E-state index contributed by atoms with van der Waals surface area (Å²) in [4.78, 5) is 36.7. The number of carbonyl (C=O) groups is 2. The van der Waals surface area contributed by atoms with Crippen LogP contribution in [0.1, 0.15) is 169 Å². The predicted molar refractivity (Wildman–Crippen MR) is 272 cm³/mol. The molecule has 21 unspecified atom stereocenters. The van der Waals surface area contributed by atoms with E-state index in [2.05, 4.69) is 56.0 Å². The van der Waals surface area contributed by atoms with E-state index in [4.69, 9.17) is 15.2 Å². The number of carboxylic acid groups (broad SMARTS) is 1. The molecule has 8 aliphatic rings. The highest BCUT2D eigenvalue weighted by atomic mass is 16.7. The molecule has 1 aromatic rings. The largest absolute Gasteiger partial charge is 0.481 e. The molecule has 5 saturated carbocycles. The topological polar surface area (TPSA) is 281 Å². The summed E-state index contributed by atoms with van der Waals surface area (Å²) in [5, 5.41) is 96.3. The van der Waals surface area contributed by atoms with Crippen molar-refractivity contribution in [3.05, 3.63) is 29.9 Å². The number of H-pyrrole nitrogens is 1. The van der Waals surface area contributed by atoms with Gasteiger partial charge >= 0.3 is 5.97 Å². The van der Waals surface area contributed by atoms with E-state index in [1.165, 1.54) is 5.57 Å². The van der Waals surface area contributed by atoms with Gasteiger partial charge in [-0.3, -0.25) is 9.59 Å². The Morgan fingerprint density at radius 3 is 2.33 bits per heavy atom. The standard InChI is InChI=1S/C57H92N4O12/c1-7-8-9-13-32-25-57(50(70)71)22-21-51(2,30-63)26-37(57)34-15-16-40-52(3,55(32,34)6)20-17-41-53(40,4)36(44(66)47(54(41,5)42(65)28-62)73-48-46(68)45(67)39(64)29-72-48)24-35-43(61-49(69)56(35)18-10-11-19-56)33(14-12-23-58)38-27-59-31-60-38/h15,27,31-33,35-37,39-48,62-68H,7-14,16-26,28-30,58H2,1-6H3,(H,59,60)(H,61,69)(H,70,71). The molecule has 16 nitrogen and oxygen atoms in total. The van der Waals surface area contributed by atoms with E-state index < -0.39 is 105 Å². The number of aliphatic carboxylic acids is 1. The van der Waals surface area contributed by atoms with Crippen molar-refractivity contribution in [1.82, 2.24) is 15.3 Å². The number of nitrogens with one attached hydrogen (secondary N) is 2. The van der Waals surface area contributed by atoms with E-state index in [1.807, 2.05) is 13.1 Å². The Hall–Kier alpha value is -2.51. The van der Waals surface area contributed by atoms with Gasteiger partial charge in [-0.1, -0.05) is 85.3 Å². The number of imidazole rings is 1. The summed E-state index contributed by atoms with van der Waals surface area (Å²) in [6.07, 6.45) is 8.74. The summed E-state index contributed by atoms with van der Waals surface area (Å²) >= 11 is 0. The second-order valence-electron chi connectivity index (χ2n) is 26.3. The maximum Gasteiger partial charge on any atom is 0.310 e. The molecule has 6 aliphatic carbocycles. The van der Waals surface area contributed by atoms with Gasteiger partial charge in [0.2, 0.25) is 5.91 Å². The first-order valence-corrected chi connectivity index (χ1v) is 28.5. The van der Waals surface area contributed by atoms with E-state index in [0.717, 1.165) is 44.2 Å². The minimum Gasteiger partial charge on any atom is -0.481 e. The molecule has 9 rings (SSSR count). The monoisotopic (exact) mass is 1020 g/mol. The number of aromatic nitrogens is 2. The third kappa shape index (κ3) is 8.28. The molecule has 2 aliphatic heterocycles. The van der Waals surface area contributed by atoms with Crippen LogP contribution in [0.4, 0.5) is 0 Å². The number of unbranched alkanes of at least 4 members (excludes halogenated alkanes) is 2. The first kappa shape index (κ1) is 55.3. The fourth-order valence-electron chi connectivity index (χ4n) is 19.1. The summed E-state index contributed by atoms with van der Waals surface area (Å²) in [6.45, 7) is 12.8. The zero-order valence-electron chi connectivity index (χ0n) is 44.7. The molecule has 16 heteroatoms. The number of amides is 1. The van der Waals surface area contributed by atoms with E-state index in [9.17, 15) is 50.4 Å².